The summed E-state index contributed by atoms with van der Waals surface area (Å²) in [6.45, 7) is 4.65. The van der Waals surface area contributed by atoms with Crippen LogP contribution in [0.4, 0.5) is 0 Å². The molecule has 1 unspecified atom stereocenters. The van der Waals surface area contributed by atoms with Crippen LogP contribution in [-0.2, 0) is 4.79 Å². The second kappa shape index (κ2) is 35.6. The van der Waals surface area contributed by atoms with Gasteiger partial charge in [-0.25, -0.2) is 0 Å². The van der Waals surface area contributed by atoms with Gasteiger partial charge in [-0.15, -0.1) is 0 Å². The van der Waals surface area contributed by atoms with E-state index in [-0.39, 0.29) is 18.6 Å². The van der Waals surface area contributed by atoms with Crippen LogP contribution in [0.1, 0.15) is 226 Å². The Morgan fingerprint density at radius 1 is 0.439 bits per heavy atom. The largest absolute Gasteiger partial charge is 0.394 e. The van der Waals surface area contributed by atoms with Crippen LogP contribution in [0.2, 0.25) is 0 Å². The normalized spacial score (nSPS) is 12.2. The molecule has 0 aliphatic rings. The molecule has 0 rings (SSSR count). The van der Waals surface area contributed by atoms with Gasteiger partial charge in [-0.2, -0.15) is 0 Å². The van der Waals surface area contributed by atoms with E-state index in [2.05, 4.69) is 19.2 Å². The highest BCUT2D eigenvalue weighted by molar-refractivity contribution is 5.76. The summed E-state index contributed by atoms with van der Waals surface area (Å²) in [5.74, 6) is 0.135. The maximum atomic E-state index is 12.3. The van der Waals surface area contributed by atoms with Crippen LogP contribution in [0.15, 0.2) is 0 Å². The predicted molar refractivity (Wildman–Crippen MR) is 183 cm³/mol. The van der Waals surface area contributed by atoms with Crippen LogP contribution in [0.5, 0.6) is 0 Å². The van der Waals surface area contributed by atoms with Crippen LogP contribution in [-0.4, -0.2) is 23.7 Å². The highest BCUT2D eigenvalue weighted by Gasteiger charge is 2.10. The fraction of sp³-hybridized carbons (Fsp3) is 0.974. The number of rotatable bonds is 35. The first-order valence-electron chi connectivity index (χ1n) is 19.1. The predicted octanol–water partition coefficient (Wildman–Crippen LogP) is 12.4. The summed E-state index contributed by atoms with van der Waals surface area (Å²) in [5.41, 5.74) is 0. The smallest absolute Gasteiger partial charge is 0.220 e. The Labute approximate surface area is 259 Å². The Morgan fingerprint density at radius 3 is 1.00 bits per heavy atom. The van der Waals surface area contributed by atoms with Crippen molar-refractivity contribution in [2.24, 2.45) is 0 Å². The number of hydrogen-bond acceptors (Lipinski definition) is 2. The minimum absolute atomic E-state index is 0.0504. The topological polar surface area (TPSA) is 49.3 Å². The molecule has 0 fully saturated rings. The molecule has 0 saturated carbocycles. The van der Waals surface area contributed by atoms with Crippen LogP contribution in [0.25, 0.3) is 0 Å². The fourth-order valence-electron chi connectivity index (χ4n) is 6.10. The van der Waals surface area contributed by atoms with Gasteiger partial charge in [0, 0.05) is 6.42 Å². The Hall–Kier alpha value is -0.570. The molecule has 0 saturated heterocycles. The van der Waals surface area contributed by atoms with Crippen molar-refractivity contribution in [3.8, 4) is 0 Å². The maximum Gasteiger partial charge on any atom is 0.220 e. The van der Waals surface area contributed by atoms with Crippen molar-refractivity contribution >= 4 is 5.91 Å². The zero-order valence-corrected chi connectivity index (χ0v) is 28.5. The number of amides is 1. The lowest BCUT2D eigenvalue weighted by molar-refractivity contribution is -0.122. The third kappa shape index (κ3) is 33.8. The standard InChI is InChI=1S/C38H77NO2/c1-3-5-7-9-11-13-15-17-19-20-21-23-25-27-29-31-33-35-38(41)39-37(36-40)34-32-30-28-26-24-22-18-16-14-12-10-8-6-4-2/h37,40H,3-36H2,1-2H3,(H,39,41). The van der Waals surface area contributed by atoms with E-state index in [1.54, 1.807) is 0 Å². The first-order valence-corrected chi connectivity index (χ1v) is 19.1. The zero-order valence-electron chi connectivity index (χ0n) is 28.5. The van der Waals surface area contributed by atoms with E-state index in [4.69, 9.17) is 0 Å². The van der Waals surface area contributed by atoms with Crippen molar-refractivity contribution in [3.05, 3.63) is 0 Å². The SMILES string of the molecule is CCCCCCCCCCCCCCCCCCCC(=O)NC(CO)CCCCCCCCCCCCCCCC. The van der Waals surface area contributed by atoms with Crippen LogP contribution >= 0.6 is 0 Å². The molecule has 0 spiro atoms. The Kier molecular flexibility index (Phi) is 35.1. The van der Waals surface area contributed by atoms with Crippen LogP contribution in [0, 0.1) is 0 Å². The number of aliphatic hydroxyl groups excluding tert-OH is 1. The quantitative estimate of drug-likeness (QED) is 0.0733. The van der Waals surface area contributed by atoms with Gasteiger partial charge in [0.25, 0.3) is 0 Å². The minimum atomic E-state index is -0.0504. The first-order chi connectivity index (χ1) is 20.2. The Morgan fingerprint density at radius 2 is 0.707 bits per heavy atom. The summed E-state index contributed by atoms with van der Waals surface area (Å²) in [4.78, 5) is 12.3. The van der Waals surface area contributed by atoms with E-state index in [1.165, 1.54) is 180 Å². The van der Waals surface area contributed by atoms with Gasteiger partial charge >= 0.3 is 0 Å². The van der Waals surface area contributed by atoms with Gasteiger partial charge < -0.3 is 10.4 Å². The van der Waals surface area contributed by atoms with Gasteiger partial charge in [0.1, 0.15) is 0 Å². The Balaban J connectivity index is 3.37. The van der Waals surface area contributed by atoms with E-state index >= 15 is 0 Å². The van der Waals surface area contributed by atoms with Crippen molar-refractivity contribution in [1.82, 2.24) is 5.32 Å². The van der Waals surface area contributed by atoms with Gasteiger partial charge in [-0.1, -0.05) is 206 Å². The molecule has 0 bridgehead atoms. The minimum Gasteiger partial charge on any atom is -0.394 e. The summed E-state index contributed by atoms with van der Waals surface area (Å²) < 4.78 is 0. The maximum absolute atomic E-state index is 12.3. The van der Waals surface area contributed by atoms with Crippen molar-refractivity contribution < 1.29 is 9.90 Å². The number of aliphatic hydroxyl groups is 1. The van der Waals surface area contributed by atoms with Crippen molar-refractivity contribution in [3.63, 3.8) is 0 Å². The summed E-state index contributed by atoms with van der Waals surface area (Å²) in [5, 5.41) is 12.8. The van der Waals surface area contributed by atoms with Crippen LogP contribution in [0.3, 0.4) is 0 Å². The van der Waals surface area contributed by atoms with Crippen molar-refractivity contribution in [2.45, 2.75) is 232 Å². The lowest BCUT2D eigenvalue weighted by Crippen LogP contribution is -2.37. The average molecular weight is 580 g/mol. The molecule has 0 aromatic heterocycles. The second-order valence-electron chi connectivity index (χ2n) is 13.2. The zero-order chi connectivity index (χ0) is 29.9. The van der Waals surface area contributed by atoms with Crippen LogP contribution < -0.4 is 5.32 Å². The molecule has 0 aromatic rings. The summed E-state index contributed by atoms with van der Waals surface area (Å²) in [6.07, 6.45) is 43.7. The number of hydrogen-bond donors (Lipinski definition) is 2. The third-order valence-corrected chi connectivity index (χ3v) is 9.00. The molecule has 246 valence electrons. The summed E-state index contributed by atoms with van der Waals surface area (Å²) >= 11 is 0. The molecule has 0 radical (unpaired) electrons. The number of nitrogens with one attached hydrogen (secondary N) is 1. The molecule has 2 N–H and O–H groups in total. The van der Waals surface area contributed by atoms with E-state index in [0.29, 0.717) is 6.42 Å². The van der Waals surface area contributed by atoms with Gasteiger partial charge in [-0.05, 0) is 12.8 Å². The van der Waals surface area contributed by atoms with Gasteiger partial charge in [0.15, 0.2) is 0 Å². The van der Waals surface area contributed by atoms with E-state index in [0.717, 1.165) is 25.7 Å². The van der Waals surface area contributed by atoms with Gasteiger partial charge in [0.2, 0.25) is 5.91 Å². The summed E-state index contributed by atoms with van der Waals surface area (Å²) in [6, 6.07) is -0.0504. The van der Waals surface area contributed by atoms with E-state index < -0.39 is 0 Å². The average Bonchev–Trinajstić information content (AvgIpc) is 2.98. The molecule has 0 aromatic carbocycles. The molecule has 3 heteroatoms. The number of unbranched alkanes of at least 4 members (excludes halogenated alkanes) is 29. The molecule has 1 atom stereocenters. The second-order valence-corrected chi connectivity index (χ2v) is 13.2. The van der Waals surface area contributed by atoms with Gasteiger partial charge in [-0.3, -0.25) is 4.79 Å². The molecule has 0 aliphatic carbocycles. The lowest BCUT2D eigenvalue weighted by atomic mass is 10.0. The highest BCUT2D eigenvalue weighted by atomic mass is 16.3. The van der Waals surface area contributed by atoms with E-state index in [1.807, 2.05) is 0 Å². The van der Waals surface area contributed by atoms with Gasteiger partial charge in [0.05, 0.1) is 12.6 Å². The molecule has 0 aliphatic heterocycles. The fourth-order valence-corrected chi connectivity index (χ4v) is 6.10. The summed E-state index contributed by atoms with van der Waals surface area (Å²) in [7, 11) is 0. The molecule has 3 nitrogen and oxygen atoms in total. The number of carbonyl (C=O) groups is 1. The highest BCUT2D eigenvalue weighted by Crippen LogP contribution is 2.16. The molecule has 1 amide bonds. The first kappa shape index (κ1) is 40.4. The monoisotopic (exact) mass is 580 g/mol. The third-order valence-electron chi connectivity index (χ3n) is 9.00. The molecular weight excluding hydrogens is 502 g/mol. The van der Waals surface area contributed by atoms with Crippen molar-refractivity contribution in [1.29, 1.82) is 0 Å². The lowest BCUT2D eigenvalue weighted by Gasteiger charge is -2.16. The molecular formula is C38H77NO2. The molecule has 0 heterocycles. The van der Waals surface area contributed by atoms with E-state index in [9.17, 15) is 9.90 Å². The molecule has 41 heavy (non-hydrogen) atoms. The number of carbonyl (C=O) groups excluding carboxylic acids is 1. The Bertz CT molecular complexity index is 495. The van der Waals surface area contributed by atoms with Crippen molar-refractivity contribution in [2.75, 3.05) is 6.61 Å².